The van der Waals surface area contributed by atoms with Crippen molar-refractivity contribution < 1.29 is 14.3 Å². The van der Waals surface area contributed by atoms with Crippen LogP contribution in [0.1, 0.15) is 25.6 Å². The van der Waals surface area contributed by atoms with Gasteiger partial charge in [-0.25, -0.2) is 4.79 Å². The van der Waals surface area contributed by atoms with E-state index >= 15 is 0 Å². The molecule has 0 fully saturated rings. The number of amides is 1. The van der Waals surface area contributed by atoms with Crippen LogP contribution < -0.4 is 15.0 Å². The highest BCUT2D eigenvalue weighted by Crippen LogP contribution is 2.50. The van der Waals surface area contributed by atoms with Crippen molar-refractivity contribution in [1.29, 1.82) is 0 Å². The average molecular weight is 282 g/mol. The second kappa shape index (κ2) is 4.30. The Morgan fingerprint density at radius 3 is 3.00 bits per heavy atom. The zero-order chi connectivity index (χ0) is 13.6. The largest absolute Gasteiger partial charge is 0.486 e. The number of carbonyl (C=O) groups is 1. The number of anilines is 2. The lowest BCUT2D eigenvalue weighted by molar-refractivity contribution is 0.0569. The van der Waals surface area contributed by atoms with Gasteiger partial charge in [-0.15, -0.1) is 11.3 Å². The van der Waals surface area contributed by atoms with E-state index in [0.717, 1.165) is 29.4 Å². The summed E-state index contributed by atoms with van der Waals surface area (Å²) < 4.78 is 11.2. The summed E-state index contributed by atoms with van der Waals surface area (Å²) in [7, 11) is 0. The van der Waals surface area contributed by atoms with Gasteiger partial charge in [-0.3, -0.25) is 4.90 Å². The first-order valence-corrected chi connectivity index (χ1v) is 7.30. The first-order valence-electron chi connectivity index (χ1n) is 6.48. The topological polar surface area (TPSA) is 50.8 Å². The molecule has 19 heavy (non-hydrogen) atoms. The number of thiophene rings is 1. The van der Waals surface area contributed by atoms with E-state index in [1.54, 1.807) is 16.2 Å². The van der Waals surface area contributed by atoms with E-state index in [2.05, 4.69) is 5.32 Å². The molecule has 0 unspecified atom stereocenters. The number of fused-ring (bicyclic) bond motifs is 3. The molecule has 0 bridgehead atoms. The van der Waals surface area contributed by atoms with Crippen molar-refractivity contribution in [3.8, 4) is 5.75 Å². The monoisotopic (exact) mass is 282 g/mol. The van der Waals surface area contributed by atoms with E-state index in [1.165, 1.54) is 4.88 Å². The minimum atomic E-state index is -0.478. The zero-order valence-electron chi connectivity index (χ0n) is 11.4. The predicted octanol–water partition coefficient (Wildman–Crippen LogP) is 2.85. The second-order valence-corrected chi connectivity index (χ2v) is 6.78. The molecule has 0 aliphatic carbocycles. The van der Waals surface area contributed by atoms with Crippen LogP contribution in [0.4, 0.5) is 15.5 Å². The Kier molecular flexibility index (Phi) is 2.85. The highest BCUT2D eigenvalue weighted by atomic mass is 32.1. The summed E-state index contributed by atoms with van der Waals surface area (Å²) in [5, 5.41) is 4.20. The molecule has 0 spiro atoms. The van der Waals surface area contributed by atoms with Gasteiger partial charge in [0.1, 0.15) is 17.2 Å². The van der Waals surface area contributed by atoms with Gasteiger partial charge in [-0.2, -0.15) is 0 Å². The minimum absolute atomic E-state index is 0.294. The van der Waals surface area contributed by atoms with Gasteiger partial charge in [0.15, 0.2) is 5.75 Å². The number of nitrogens with one attached hydrogen (secondary N) is 1. The SMILES string of the molecule is CC(C)(C)OC(=O)N1CCOc2c1sc1c2NCC1. The molecule has 3 rings (SSSR count). The smallest absolute Gasteiger partial charge is 0.415 e. The number of ether oxygens (including phenoxy) is 2. The summed E-state index contributed by atoms with van der Waals surface area (Å²) in [4.78, 5) is 15.2. The first kappa shape index (κ1) is 12.6. The molecule has 0 aromatic carbocycles. The highest BCUT2D eigenvalue weighted by Gasteiger charge is 2.34. The van der Waals surface area contributed by atoms with E-state index in [-0.39, 0.29) is 6.09 Å². The molecule has 1 aromatic rings. The Bertz CT molecular complexity index is 519. The fraction of sp³-hybridized carbons (Fsp3) is 0.615. The molecule has 0 radical (unpaired) electrons. The Morgan fingerprint density at radius 1 is 1.47 bits per heavy atom. The zero-order valence-corrected chi connectivity index (χ0v) is 12.2. The molecule has 104 valence electrons. The van der Waals surface area contributed by atoms with Crippen LogP contribution in [0.2, 0.25) is 0 Å². The Labute approximate surface area is 116 Å². The van der Waals surface area contributed by atoms with Crippen LogP contribution in [0.15, 0.2) is 0 Å². The molecular formula is C13H18N2O3S. The van der Waals surface area contributed by atoms with Gasteiger partial charge in [0, 0.05) is 17.8 Å². The fourth-order valence-corrected chi connectivity index (χ4v) is 3.48. The van der Waals surface area contributed by atoms with Crippen molar-refractivity contribution in [3.63, 3.8) is 0 Å². The molecule has 1 N–H and O–H groups in total. The fourth-order valence-electron chi connectivity index (χ4n) is 2.25. The summed E-state index contributed by atoms with van der Waals surface area (Å²) in [6.45, 7) is 7.63. The molecule has 6 heteroatoms. The Balaban J connectivity index is 1.89. The molecule has 1 amide bonds. The lowest BCUT2D eigenvalue weighted by atomic mass is 10.2. The molecular weight excluding hydrogens is 264 g/mol. The van der Waals surface area contributed by atoms with Crippen LogP contribution in [0.25, 0.3) is 0 Å². The van der Waals surface area contributed by atoms with Crippen LogP contribution in [0.5, 0.6) is 5.75 Å². The average Bonchev–Trinajstić information content (AvgIpc) is 2.85. The maximum atomic E-state index is 12.2. The van der Waals surface area contributed by atoms with Crippen molar-refractivity contribution in [2.75, 3.05) is 29.9 Å². The molecule has 1 aromatic heterocycles. The maximum absolute atomic E-state index is 12.2. The van der Waals surface area contributed by atoms with Crippen molar-refractivity contribution in [2.45, 2.75) is 32.8 Å². The van der Waals surface area contributed by atoms with Gasteiger partial charge < -0.3 is 14.8 Å². The van der Waals surface area contributed by atoms with E-state index < -0.39 is 5.60 Å². The number of nitrogens with zero attached hydrogens (tertiary/aromatic N) is 1. The van der Waals surface area contributed by atoms with Crippen molar-refractivity contribution in [2.24, 2.45) is 0 Å². The van der Waals surface area contributed by atoms with E-state index in [9.17, 15) is 4.79 Å². The predicted molar refractivity (Wildman–Crippen MR) is 75.6 cm³/mol. The van der Waals surface area contributed by atoms with Crippen molar-refractivity contribution in [1.82, 2.24) is 0 Å². The number of rotatable bonds is 0. The second-order valence-electron chi connectivity index (χ2n) is 5.69. The van der Waals surface area contributed by atoms with Gasteiger partial charge in [0.25, 0.3) is 0 Å². The first-order chi connectivity index (χ1) is 8.96. The standard InChI is InChI=1S/C13H18N2O3S/c1-13(2,3)18-12(16)15-6-7-17-10-9-8(4-5-14-9)19-11(10)15/h14H,4-7H2,1-3H3. The van der Waals surface area contributed by atoms with Crippen LogP contribution in [-0.4, -0.2) is 31.4 Å². The third kappa shape index (κ3) is 2.25. The van der Waals surface area contributed by atoms with E-state index in [0.29, 0.717) is 13.2 Å². The van der Waals surface area contributed by atoms with Crippen LogP contribution >= 0.6 is 11.3 Å². The van der Waals surface area contributed by atoms with Gasteiger partial charge >= 0.3 is 6.09 Å². The van der Waals surface area contributed by atoms with E-state index in [4.69, 9.17) is 9.47 Å². The summed E-state index contributed by atoms with van der Waals surface area (Å²) in [5.74, 6) is 0.814. The highest BCUT2D eigenvalue weighted by molar-refractivity contribution is 7.17. The normalized spacial score (nSPS) is 17.3. The maximum Gasteiger partial charge on any atom is 0.415 e. The molecule has 0 saturated carbocycles. The van der Waals surface area contributed by atoms with Gasteiger partial charge in [0.05, 0.1) is 12.2 Å². The van der Waals surface area contributed by atoms with Crippen molar-refractivity contribution in [3.05, 3.63) is 4.88 Å². The summed E-state index contributed by atoms with van der Waals surface area (Å²) in [6.07, 6.45) is 0.704. The number of carbonyl (C=O) groups excluding carboxylic acids is 1. The lowest BCUT2D eigenvalue weighted by Crippen LogP contribution is -2.41. The van der Waals surface area contributed by atoms with Crippen LogP contribution in [-0.2, 0) is 11.2 Å². The molecule has 2 aliphatic heterocycles. The number of hydrogen-bond acceptors (Lipinski definition) is 5. The molecule has 2 aliphatic rings. The van der Waals surface area contributed by atoms with Gasteiger partial charge in [0.2, 0.25) is 0 Å². The quantitative estimate of drug-likeness (QED) is 0.795. The molecule has 0 saturated heterocycles. The number of hydrogen-bond donors (Lipinski definition) is 1. The van der Waals surface area contributed by atoms with E-state index in [1.807, 2.05) is 20.8 Å². The van der Waals surface area contributed by atoms with Crippen LogP contribution in [0.3, 0.4) is 0 Å². The third-order valence-corrected chi connectivity index (χ3v) is 4.25. The molecule has 0 atom stereocenters. The van der Waals surface area contributed by atoms with Crippen molar-refractivity contribution >= 4 is 28.1 Å². The summed E-state index contributed by atoms with van der Waals surface area (Å²) in [6, 6.07) is 0. The lowest BCUT2D eigenvalue weighted by Gasteiger charge is -2.30. The van der Waals surface area contributed by atoms with Crippen LogP contribution in [0, 0.1) is 0 Å². The molecule has 3 heterocycles. The third-order valence-electron chi connectivity index (χ3n) is 2.99. The van der Waals surface area contributed by atoms with Gasteiger partial charge in [-0.1, -0.05) is 0 Å². The minimum Gasteiger partial charge on any atom is -0.486 e. The Hall–Kier alpha value is -1.43. The van der Waals surface area contributed by atoms with Gasteiger partial charge in [-0.05, 0) is 20.8 Å². The molecule has 5 nitrogen and oxygen atoms in total. The summed E-state index contributed by atoms with van der Waals surface area (Å²) in [5.41, 5.74) is 0.585. The summed E-state index contributed by atoms with van der Waals surface area (Å²) >= 11 is 1.62. The Morgan fingerprint density at radius 2 is 2.26 bits per heavy atom.